The molecular formula is C12H17BrN2. The Kier molecular flexibility index (Phi) is 3.44. The average molecular weight is 269 g/mol. The maximum Gasteiger partial charge on any atom is 0.0214 e. The van der Waals surface area contributed by atoms with Gasteiger partial charge in [0.25, 0.3) is 0 Å². The van der Waals surface area contributed by atoms with Gasteiger partial charge in [0.15, 0.2) is 0 Å². The van der Waals surface area contributed by atoms with Crippen LogP contribution in [-0.2, 0) is 6.54 Å². The van der Waals surface area contributed by atoms with Gasteiger partial charge in [-0.25, -0.2) is 0 Å². The molecule has 0 aliphatic carbocycles. The molecule has 1 aromatic rings. The third kappa shape index (κ3) is 2.41. The fourth-order valence-electron chi connectivity index (χ4n) is 2.11. The van der Waals surface area contributed by atoms with E-state index in [1.54, 1.807) is 0 Å². The first-order chi connectivity index (χ1) is 7.20. The Balaban J connectivity index is 2.12. The van der Waals surface area contributed by atoms with E-state index in [9.17, 15) is 0 Å². The summed E-state index contributed by atoms with van der Waals surface area (Å²) in [5, 5.41) is 3.17. The number of nitrogens with one attached hydrogen (secondary N) is 1. The Bertz CT molecular complexity index is 345. The molecule has 0 unspecified atom stereocenters. The molecule has 1 aliphatic rings. The van der Waals surface area contributed by atoms with Gasteiger partial charge in [-0.1, -0.05) is 28.1 Å². The number of halogens is 1. The Morgan fingerprint density at radius 3 is 2.73 bits per heavy atom. The van der Waals surface area contributed by atoms with Crippen LogP contribution in [0.5, 0.6) is 0 Å². The summed E-state index contributed by atoms with van der Waals surface area (Å²) in [6.45, 7) is 3.30. The lowest BCUT2D eigenvalue weighted by atomic mass is 9.91. The molecule has 0 bridgehead atoms. The van der Waals surface area contributed by atoms with Crippen LogP contribution in [0.2, 0.25) is 0 Å². The number of benzene rings is 1. The molecule has 0 aromatic heterocycles. The molecule has 1 heterocycles. The summed E-state index contributed by atoms with van der Waals surface area (Å²) in [5.74, 6) is 0.716. The van der Waals surface area contributed by atoms with Gasteiger partial charge >= 0.3 is 0 Å². The van der Waals surface area contributed by atoms with Crippen LogP contribution in [0, 0.1) is 0 Å². The first-order valence-electron chi connectivity index (χ1n) is 5.32. The van der Waals surface area contributed by atoms with E-state index in [4.69, 9.17) is 0 Å². The number of hydrogen-bond donors (Lipinski definition) is 1. The SMILES string of the molecule is CNCc1ccc(C2CN(C)C2)c(Br)c1. The van der Waals surface area contributed by atoms with Crippen molar-refractivity contribution in [3.63, 3.8) is 0 Å². The zero-order valence-corrected chi connectivity index (χ0v) is 10.8. The molecule has 0 spiro atoms. The van der Waals surface area contributed by atoms with Gasteiger partial charge in [-0.15, -0.1) is 0 Å². The highest BCUT2D eigenvalue weighted by Gasteiger charge is 2.26. The van der Waals surface area contributed by atoms with Crippen LogP contribution in [0.3, 0.4) is 0 Å². The highest BCUT2D eigenvalue weighted by Crippen LogP contribution is 2.31. The van der Waals surface area contributed by atoms with Crippen LogP contribution < -0.4 is 5.32 Å². The maximum atomic E-state index is 3.67. The van der Waals surface area contributed by atoms with Gasteiger partial charge in [0, 0.05) is 30.0 Å². The third-order valence-electron chi connectivity index (χ3n) is 2.95. The van der Waals surface area contributed by atoms with Crippen LogP contribution in [-0.4, -0.2) is 32.1 Å². The number of likely N-dealkylation sites (N-methyl/N-ethyl adjacent to an activating group) is 1. The standard InChI is InChI=1S/C12H17BrN2/c1-14-6-9-3-4-11(12(13)5-9)10-7-15(2)8-10/h3-5,10,14H,6-8H2,1-2H3. The predicted molar refractivity (Wildman–Crippen MR) is 67.1 cm³/mol. The second-order valence-corrected chi connectivity index (χ2v) is 5.16. The lowest BCUT2D eigenvalue weighted by Crippen LogP contribution is -2.41. The van der Waals surface area contributed by atoms with Crippen molar-refractivity contribution in [3.8, 4) is 0 Å². The zero-order chi connectivity index (χ0) is 10.8. The Morgan fingerprint density at radius 2 is 2.20 bits per heavy atom. The summed E-state index contributed by atoms with van der Waals surface area (Å²) in [5.41, 5.74) is 2.79. The van der Waals surface area contributed by atoms with Gasteiger partial charge in [-0.3, -0.25) is 0 Å². The van der Waals surface area contributed by atoms with Gasteiger partial charge in [-0.05, 0) is 31.3 Å². The molecule has 3 heteroatoms. The molecule has 1 saturated heterocycles. The zero-order valence-electron chi connectivity index (χ0n) is 9.26. The molecule has 15 heavy (non-hydrogen) atoms. The van der Waals surface area contributed by atoms with Crippen LogP contribution >= 0.6 is 15.9 Å². The highest BCUT2D eigenvalue weighted by atomic mass is 79.9. The van der Waals surface area contributed by atoms with Crippen molar-refractivity contribution in [1.29, 1.82) is 0 Å². The molecule has 1 aromatic carbocycles. The van der Waals surface area contributed by atoms with Crippen molar-refractivity contribution in [2.24, 2.45) is 0 Å². The summed E-state index contributed by atoms with van der Waals surface area (Å²) in [6, 6.07) is 6.70. The fourth-order valence-corrected chi connectivity index (χ4v) is 2.86. The van der Waals surface area contributed by atoms with Gasteiger partial charge < -0.3 is 10.2 Å². The van der Waals surface area contributed by atoms with Crippen LogP contribution in [0.25, 0.3) is 0 Å². The highest BCUT2D eigenvalue weighted by molar-refractivity contribution is 9.10. The average Bonchev–Trinajstić information content (AvgIpc) is 2.15. The van der Waals surface area contributed by atoms with Gasteiger partial charge in [0.05, 0.1) is 0 Å². The Morgan fingerprint density at radius 1 is 1.47 bits per heavy atom. The van der Waals surface area contributed by atoms with Crippen molar-refractivity contribution in [2.75, 3.05) is 27.2 Å². The van der Waals surface area contributed by atoms with Crippen molar-refractivity contribution >= 4 is 15.9 Å². The quantitative estimate of drug-likeness (QED) is 0.905. The summed E-state index contributed by atoms with van der Waals surface area (Å²) >= 11 is 3.67. The summed E-state index contributed by atoms with van der Waals surface area (Å²) in [6.07, 6.45) is 0. The molecule has 1 fully saturated rings. The van der Waals surface area contributed by atoms with E-state index in [-0.39, 0.29) is 0 Å². The lowest BCUT2D eigenvalue weighted by Gasteiger charge is -2.37. The van der Waals surface area contributed by atoms with Crippen molar-refractivity contribution in [3.05, 3.63) is 33.8 Å². The summed E-state index contributed by atoms with van der Waals surface area (Å²) in [4.78, 5) is 2.35. The molecule has 1 aliphatic heterocycles. The second kappa shape index (κ2) is 4.64. The molecule has 1 N–H and O–H groups in total. The van der Waals surface area contributed by atoms with Crippen molar-refractivity contribution in [2.45, 2.75) is 12.5 Å². The second-order valence-electron chi connectivity index (χ2n) is 4.30. The molecular weight excluding hydrogens is 252 g/mol. The lowest BCUT2D eigenvalue weighted by molar-refractivity contribution is 0.189. The maximum absolute atomic E-state index is 3.67. The van der Waals surface area contributed by atoms with E-state index in [1.165, 1.54) is 28.7 Å². The summed E-state index contributed by atoms with van der Waals surface area (Å²) < 4.78 is 1.26. The Labute approximate surface area is 99.8 Å². The van der Waals surface area contributed by atoms with E-state index in [0.29, 0.717) is 5.92 Å². The van der Waals surface area contributed by atoms with Crippen molar-refractivity contribution < 1.29 is 0 Å². The topological polar surface area (TPSA) is 15.3 Å². The minimum absolute atomic E-state index is 0.716. The molecule has 2 nitrogen and oxygen atoms in total. The minimum Gasteiger partial charge on any atom is -0.316 e. The first-order valence-corrected chi connectivity index (χ1v) is 6.11. The number of likely N-dealkylation sites (tertiary alicyclic amines) is 1. The Hall–Kier alpha value is -0.380. The van der Waals surface area contributed by atoms with Gasteiger partial charge in [0.2, 0.25) is 0 Å². The van der Waals surface area contributed by atoms with E-state index >= 15 is 0 Å². The van der Waals surface area contributed by atoms with Crippen molar-refractivity contribution in [1.82, 2.24) is 10.2 Å². The van der Waals surface area contributed by atoms with Gasteiger partial charge in [0.1, 0.15) is 0 Å². The van der Waals surface area contributed by atoms with Gasteiger partial charge in [-0.2, -0.15) is 0 Å². The molecule has 0 amide bonds. The third-order valence-corrected chi connectivity index (χ3v) is 3.64. The molecule has 0 saturated carbocycles. The first kappa shape index (κ1) is 11.1. The fraction of sp³-hybridized carbons (Fsp3) is 0.500. The molecule has 0 radical (unpaired) electrons. The van der Waals surface area contributed by atoms with E-state index in [2.05, 4.69) is 51.4 Å². The van der Waals surface area contributed by atoms with E-state index in [1.807, 2.05) is 7.05 Å². The molecule has 82 valence electrons. The number of rotatable bonds is 3. The summed E-state index contributed by atoms with van der Waals surface area (Å²) in [7, 11) is 4.14. The normalized spacial score (nSPS) is 17.8. The van der Waals surface area contributed by atoms with Crippen LogP contribution in [0.15, 0.2) is 22.7 Å². The van der Waals surface area contributed by atoms with Crippen LogP contribution in [0.1, 0.15) is 17.0 Å². The van der Waals surface area contributed by atoms with E-state index in [0.717, 1.165) is 6.54 Å². The molecule has 0 atom stereocenters. The number of hydrogen-bond acceptors (Lipinski definition) is 2. The smallest absolute Gasteiger partial charge is 0.0214 e. The molecule has 2 rings (SSSR count). The predicted octanol–water partition coefficient (Wildman–Crippen LogP) is 2.20. The number of nitrogens with zero attached hydrogens (tertiary/aromatic N) is 1. The minimum atomic E-state index is 0.716. The van der Waals surface area contributed by atoms with E-state index < -0.39 is 0 Å². The van der Waals surface area contributed by atoms with Crippen LogP contribution in [0.4, 0.5) is 0 Å². The monoisotopic (exact) mass is 268 g/mol. The largest absolute Gasteiger partial charge is 0.316 e.